The van der Waals surface area contributed by atoms with Gasteiger partial charge in [0, 0.05) is 44.7 Å². The molecule has 2 aliphatic rings. The average molecular weight is 516 g/mol. The number of carbonyl (C=O) groups is 2. The Morgan fingerprint density at radius 1 is 1.19 bits per heavy atom. The van der Waals surface area contributed by atoms with Crippen LogP contribution in [-0.2, 0) is 15.1 Å². The van der Waals surface area contributed by atoms with Gasteiger partial charge in [-0.25, -0.2) is 0 Å². The monoisotopic (exact) mass is 515 g/mol. The predicted octanol–water partition coefficient (Wildman–Crippen LogP) is 4.22. The van der Waals surface area contributed by atoms with Crippen molar-refractivity contribution in [2.45, 2.75) is 82.7 Å². The van der Waals surface area contributed by atoms with Gasteiger partial charge in [-0.15, -0.1) is 0 Å². The first-order chi connectivity index (χ1) is 17.9. The smallest absolute Gasteiger partial charge is 0.248 e. The number of piperidine rings is 1. The first kappa shape index (κ1) is 29.6. The fourth-order valence-electron chi connectivity index (χ4n) is 6.56. The zero-order chi connectivity index (χ0) is 26.7. The van der Waals surface area contributed by atoms with Gasteiger partial charge in [-0.2, -0.15) is 0 Å². The van der Waals surface area contributed by atoms with Crippen LogP contribution in [0.25, 0.3) is 0 Å². The molecular formula is C30H49N3O4. The number of hydrogen-bond donors (Lipinski definition) is 3. The SMILES string of the molecule is CNC[C@@H](CC(=O)N1CCC[C@@H]([C@@](O)(CCCCOC)c2cccc(C(N)=O)c2)C1)CC1CCCCC1. The number of benzene rings is 1. The van der Waals surface area contributed by atoms with Gasteiger partial charge in [-0.3, -0.25) is 9.59 Å². The van der Waals surface area contributed by atoms with Gasteiger partial charge in [0.25, 0.3) is 0 Å². The Balaban J connectivity index is 1.72. The lowest BCUT2D eigenvalue weighted by Crippen LogP contribution is -2.48. The number of methoxy groups -OCH3 is 1. The molecule has 0 aromatic heterocycles. The number of nitrogens with two attached hydrogens (primary N) is 1. The fourth-order valence-corrected chi connectivity index (χ4v) is 6.56. The van der Waals surface area contributed by atoms with Crippen LogP contribution in [0.5, 0.6) is 0 Å². The Morgan fingerprint density at radius 2 is 1.97 bits per heavy atom. The maximum absolute atomic E-state index is 13.5. The topological polar surface area (TPSA) is 105 Å². The standard InChI is InChI=1S/C30H49N3O4/c1-32-21-24(18-23-10-4-3-5-11-23)19-28(34)33-16-9-14-27(22-33)30(36,15-6-7-17-37-2)26-13-8-12-25(20-26)29(31)35/h8,12-13,20,23-24,27,32,36H,3-7,9-11,14-19,21-22H2,1-2H3,(H2,31,35)/t24-,27-,30-/m1/s1. The van der Waals surface area contributed by atoms with Crippen LogP contribution in [0.2, 0.25) is 0 Å². The number of unbranched alkanes of at least 4 members (excludes halogenated alkanes) is 1. The number of hydrogen-bond acceptors (Lipinski definition) is 5. The molecule has 7 heteroatoms. The van der Waals surface area contributed by atoms with Crippen molar-refractivity contribution in [3.63, 3.8) is 0 Å². The van der Waals surface area contributed by atoms with Crippen LogP contribution in [-0.4, -0.2) is 62.2 Å². The van der Waals surface area contributed by atoms with Gasteiger partial charge >= 0.3 is 0 Å². The number of ether oxygens (including phenoxy) is 1. The summed E-state index contributed by atoms with van der Waals surface area (Å²) >= 11 is 0. The lowest BCUT2D eigenvalue weighted by Gasteiger charge is -2.43. The largest absolute Gasteiger partial charge is 0.385 e. The summed E-state index contributed by atoms with van der Waals surface area (Å²) in [5.41, 5.74) is 5.53. The summed E-state index contributed by atoms with van der Waals surface area (Å²) < 4.78 is 5.22. The minimum absolute atomic E-state index is 0.100. The zero-order valence-corrected chi connectivity index (χ0v) is 23.1. The average Bonchev–Trinajstić information content (AvgIpc) is 2.92. The molecule has 1 saturated carbocycles. The fraction of sp³-hybridized carbons (Fsp3) is 0.733. The van der Waals surface area contributed by atoms with Gasteiger partial charge < -0.3 is 25.8 Å². The van der Waals surface area contributed by atoms with E-state index in [1.54, 1.807) is 25.3 Å². The van der Waals surface area contributed by atoms with E-state index in [4.69, 9.17) is 10.5 Å². The zero-order valence-electron chi connectivity index (χ0n) is 23.1. The molecule has 2 amide bonds. The summed E-state index contributed by atoms with van der Waals surface area (Å²) in [7, 11) is 3.65. The number of nitrogens with one attached hydrogen (secondary N) is 1. The summed E-state index contributed by atoms with van der Waals surface area (Å²) in [6.45, 7) is 2.78. The molecule has 1 aliphatic carbocycles. The number of amides is 2. The number of likely N-dealkylation sites (tertiary alicyclic amines) is 1. The van der Waals surface area contributed by atoms with Crippen molar-refractivity contribution in [3.05, 3.63) is 35.4 Å². The molecule has 0 bridgehead atoms. The molecule has 1 heterocycles. The Bertz CT molecular complexity index is 857. The molecule has 0 radical (unpaired) electrons. The highest BCUT2D eigenvalue weighted by Gasteiger charge is 2.41. The summed E-state index contributed by atoms with van der Waals surface area (Å²) in [4.78, 5) is 27.4. The Kier molecular flexibility index (Phi) is 11.9. The quantitative estimate of drug-likeness (QED) is 0.322. The van der Waals surface area contributed by atoms with Crippen LogP contribution < -0.4 is 11.1 Å². The van der Waals surface area contributed by atoms with Crippen LogP contribution in [0.15, 0.2) is 24.3 Å². The number of nitrogens with zero attached hydrogens (tertiary/aromatic N) is 1. The van der Waals surface area contributed by atoms with E-state index in [0.29, 0.717) is 43.0 Å². The molecule has 1 aromatic carbocycles. The second-order valence-corrected chi connectivity index (χ2v) is 11.4. The van der Waals surface area contributed by atoms with E-state index in [2.05, 4.69) is 5.32 Å². The molecule has 1 saturated heterocycles. The third-order valence-corrected chi connectivity index (χ3v) is 8.60. The molecule has 4 N–H and O–H groups in total. The number of aliphatic hydroxyl groups is 1. The van der Waals surface area contributed by atoms with Crippen molar-refractivity contribution in [3.8, 4) is 0 Å². The van der Waals surface area contributed by atoms with Crippen molar-refractivity contribution in [1.29, 1.82) is 0 Å². The number of carbonyl (C=O) groups excluding carboxylic acids is 2. The van der Waals surface area contributed by atoms with E-state index < -0.39 is 11.5 Å². The Hall–Kier alpha value is -1.96. The van der Waals surface area contributed by atoms with Gasteiger partial charge in [0.2, 0.25) is 11.8 Å². The normalized spacial score (nSPS) is 21.4. The van der Waals surface area contributed by atoms with Crippen LogP contribution in [0.1, 0.15) is 93.0 Å². The Morgan fingerprint density at radius 3 is 2.68 bits per heavy atom. The highest BCUT2D eigenvalue weighted by molar-refractivity contribution is 5.92. The number of primary amides is 1. The van der Waals surface area contributed by atoms with Crippen LogP contribution in [0, 0.1) is 17.8 Å². The second-order valence-electron chi connectivity index (χ2n) is 11.4. The molecule has 37 heavy (non-hydrogen) atoms. The minimum Gasteiger partial charge on any atom is -0.385 e. The van der Waals surface area contributed by atoms with Gasteiger partial charge in [0.05, 0.1) is 5.60 Å². The van der Waals surface area contributed by atoms with E-state index in [0.717, 1.165) is 51.1 Å². The first-order valence-corrected chi connectivity index (χ1v) is 14.4. The Labute approximate surface area is 223 Å². The van der Waals surface area contributed by atoms with Crippen LogP contribution >= 0.6 is 0 Å². The minimum atomic E-state index is -1.13. The third kappa shape index (κ3) is 8.52. The van der Waals surface area contributed by atoms with Gasteiger partial charge in [0.1, 0.15) is 0 Å². The molecule has 0 unspecified atom stereocenters. The molecule has 208 valence electrons. The molecular weight excluding hydrogens is 466 g/mol. The van der Waals surface area contributed by atoms with E-state index in [1.165, 1.54) is 32.1 Å². The molecule has 3 atom stereocenters. The maximum Gasteiger partial charge on any atom is 0.248 e. The van der Waals surface area contributed by atoms with E-state index in [1.807, 2.05) is 18.0 Å². The van der Waals surface area contributed by atoms with Crippen molar-refractivity contribution in [1.82, 2.24) is 10.2 Å². The molecule has 2 fully saturated rings. The van der Waals surface area contributed by atoms with E-state index >= 15 is 0 Å². The first-order valence-electron chi connectivity index (χ1n) is 14.4. The van der Waals surface area contributed by atoms with Gasteiger partial charge in [0.15, 0.2) is 0 Å². The highest BCUT2D eigenvalue weighted by atomic mass is 16.5. The van der Waals surface area contributed by atoms with Gasteiger partial charge in [-0.1, -0.05) is 44.2 Å². The molecule has 1 aromatic rings. The van der Waals surface area contributed by atoms with Crippen molar-refractivity contribution in [2.75, 3.05) is 40.4 Å². The highest BCUT2D eigenvalue weighted by Crippen LogP contribution is 2.40. The summed E-state index contributed by atoms with van der Waals surface area (Å²) in [5, 5.41) is 15.5. The van der Waals surface area contributed by atoms with E-state index in [9.17, 15) is 14.7 Å². The molecule has 7 nitrogen and oxygen atoms in total. The summed E-state index contributed by atoms with van der Waals surface area (Å²) in [5.74, 6) is 0.688. The lowest BCUT2D eigenvalue weighted by atomic mass is 9.73. The molecule has 3 rings (SSSR count). The van der Waals surface area contributed by atoms with Gasteiger partial charge in [-0.05, 0) is 81.6 Å². The van der Waals surface area contributed by atoms with Crippen molar-refractivity contribution in [2.24, 2.45) is 23.5 Å². The van der Waals surface area contributed by atoms with Crippen molar-refractivity contribution < 1.29 is 19.4 Å². The summed E-state index contributed by atoms with van der Waals surface area (Å²) in [6, 6.07) is 7.08. The van der Waals surface area contributed by atoms with E-state index in [-0.39, 0.29) is 11.8 Å². The predicted molar refractivity (Wildman–Crippen MR) is 147 cm³/mol. The molecule has 1 aliphatic heterocycles. The van der Waals surface area contributed by atoms with Crippen molar-refractivity contribution >= 4 is 11.8 Å². The van der Waals surface area contributed by atoms with Crippen LogP contribution in [0.4, 0.5) is 0 Å². The molecule has 0 spiro atoms. The second kappa shape index (κ2) is 14.8. The number of rotatable bonds is 14. The third-order valence-electron chi connectivity index (χ3n) is 8.60. The lowest BCUT2D eigenvalue weighted by molar-refractivity contribution is -0.138. The van der Waals surface area contributed by atoms with Crippen LogP contribution in [0.3, 0.4) is 0 Å². The maximum atomic E-state index is 13.5. The summed E-state index contributed by atoms with van der Waals surface area (Å²) in [6.07, 6.45) is 12.1.